The molecule has 0 spiro atoms. The van der Waals surface area contributed by atoms with Crippen LogP contribution in [0.15, 0.2) is 104 Å². The van der Waals surface area contributed by atoms with E-state index in [1.54, 1.807) is 18.6 Å². The Morgan fingerprint density at radius 1 is 0.833 bits per heavy atom. The second-order valence-corrected chi connectivity index (χ2v) is 12.5. The topological polar surface area (TPSA) is 110 Å². The first kappa shape index (κ1) is 31.3. The Balaban J connectivity index is 0.828. The number of nitrogens with two attached hydrogens (primary N) is 1. The summed E-state index contributed by atoms with van der Waals surface area (Å²) in [5, 5.41) is 3.31. The second kappa shape index (κ2) is 14.6. The summed E-state index contributed by atoms with van der Waals surface area (Å²) in [5.41, 5.74) is 14.7. The molecule has 3 N–H and O–H groups in total. The maximum atomic E-state index is 12.9. The van der Waals surface area contributed by atoms with Crippen LogP contribution in [0.4, 0.5) is 11.5 Å². The maximum absolute atomic E-state index is 12.9. The van der Waals surface area contributed by atoms with Gasteiger partial charge in [-0.1, -0.05) is 67.1 Å². The lowest BCUT2D eigenvalue weighted by atomic mass is 10.0. The molecule has 0 saturated carbocycles. The fraction of sp³-hybridized carbons (Fsp3) is 0.282. The lowest BCUT2D eigenvalue weighted by molar-refractivity contribution is -0.121. The predicted molar refractivity (Wildman–Crippen MR) is 189 cm³/mol. The fourth-order valence-corrected chi connectivity index (χ4v) is 6.67. The van der Waals surface area contributed by atoms with Crippen molar-refractivity contribution in [2.75, 3.05) is 43.4 Å². The predicted octanol–water partition coefficient (Wildman–Crippen LogP) is 6.27. The van der Waals surface area contributed by atoms with Gasteiger partial charge in [-0.2, -0.15) is 0 Å². The highest BCUT2D eigenvalue weighted by Gasteiger charge is 2.29. The Kier molecular flexibility index (Phi) is 9.56. The third kappa shape index (κ3) is 7.16. The molecule has 244 valence electrons. The van der Waals surface area contributed by atoms with E-state index in [1.807, 2.05) is 12.1 Å². The average Bonchev–Trinajstić information content (AvgIpc) is 3.45. The molecule has 1 amide bonds. The molecule has 48 heavy (non-hydrogen) atoms. The summed E-state index contributed by atoms with van der Waals surface area (Å²) in [7, 11) is 0. The number of hydrogen-bond donors (Lipinski definition) is 2. The lowest BCUT2D eigenvalue weighted by Crippen LogP contribution is -2.46. The number of nitrogens with zero attached hydrogens (tertiary/aromatic N) is 5. The zero-order chi connectivity index (χ0) is 32.7. The van der Waals surface area contributed by atoms with Crippen LogP contribution in [-0.4, -0.2) is 58.5 Å². The van der Waals surface area contributed by atoms with Crippen molar-refractivity contribution >= 4 is 17.4 Å². The smallest absolute Gasteiger partial charge is 0.258 e. The molecule has 9 nitrogen and oxygen atoms in total. The van der Waals surface area contributed by atoms with Gasteiger partial charge in [0.25, 0.3) is 5.88 Å². The number of pyridine rings is 1. The van der Waals surface area contributed by atoms with E-state index in [0.717, 1.165) is 68.8 Å². The number of benzene rings is 3. The van der Waals surface area contributed by atoms with E-state index in [0.29, 0.717) is 18.9 Å². The number of piperazine rings is 1. The molecular weight excluding hydrogens is 598 g/mol. The van der Waals surface area contributed by atoms with Gasteiger partial charge < -0.3 is 20.7 Å². The number of rotatable bonds is 12. The largest absolute Gasteiger partial charge is 0.470 e. The highest BCUT2D eigenvalue weighted by atomic mass is 16.5. The van der Waals surface area contributed by atoms with Gasteiger partial charge in [-0.05, 0) is 71.5 Å². The molecule has 7 rings (SSSR count). The van der Waals surface area contributed by atoms with Crippen molar-refractivity contribution in [2.45, 2.75) is 38.3 Å². The zero-order valence-electron chi connectivity index (χ0n) is 27.1. The third-order valence-electron chi connectivity index (χ3n) is 9.31. The number of amides is 1. The van der Waals surface area contributed by atoms with Crippen LogP contribution < -0.4 is 20.7 Å². The van der Waals surface area contributed by atoms with Crippen LogP contribution in [0.25, 0.3) is 22.4 Å². The van der Waals surface area contributed by atoms with Crippen LogP contribution in [0.3, 0.4) is 0 Å². The number of fused-ring (bicyclic) bond motifs is 3. The molecule has 3 heterocycles. The molecule has 1 fully saturated rings. The van der Waals surface area contributed by atoms with Gasteiger partial charge in [0.2, 0.25) is 5.91 Å². The normalized spacial score (nSPS) is 14.4. The molecule has 0 radical (unpaired) electrons. The molecule has 2 aliphatic rings. The number of anilines is 2. The van der Waals surface area contributed by atoms with Crippen LogP contribution >= 0.6 is 0 Å². The van der Waals surface area contributed by atoms with Crippen molar-refractivity contribution < 1.29 is 9.53 Å². The minimum absolute atomic E-state index is 0.0559. The minimum atomic E-state index is -0.0559. The van der Waals surface area contributed by atoms with Gasteiger partial charge in [-0.3, -0.25) is 14.7 Å². The fourth-order valence-electron chi connectivity index (χ4n) is 6.67. The van der Waals surface area contributed by atoms with Crippen LogP contribution in [0.2, 0.25) is 0 Å². The van der Waals surface area contributed by atoms with E-state index in [9.17, 15) is 4.79 Å². The van der Waals surface area contributed by atoms with E-state index in [4.69, 9.17) is 10.5 Å². The van der Waals surface area contributed by atoms with Crippen LogP contribution in [0, 0.1) is 0 Å². The first-order valence-electron chi connectivity index (χ1n) is 16.8. The van der Waals surface area contributed by atoms with E-state index >= 15 is 0 Å². The third-order valence-corrected chi connectivity index (χ3v) is 9.31. The average molecular weight is 640 g/mol. The summed E-state index contributed by atoms with van der Waals surface area (Å²) >= 11 is 0. The van der Waals surface area contributed by atoms with Gasteiger partial charge in [-0.15, -0.1) is 0 Å². The van der Waals surface area contributed by atoms with Gasteiger partial charge in [-0.25, -0.2) is 9.97 Å². The molecular formula is C39H41N7O2. The van der Waals surface area contributed by atoms with Crippen LogP contribution in [-0.2, 0) is 11.4 Å². The van der Waals surface area contributed by atoms with Gasteiger partial charge in [0.1, 0.15) is 6.61 Å². The van der Waals surface area contributed by atoms with E-state index < -0.39 is 0 Å². The number of aromatic nitrogens is 3. The second-order valence-electron chi connectivity index (χ2n) is 12.5. The summed E-state index contributed by atoms with van der Waals surface area (Å²) in [6.07, 6.45) is 8.77. The Bertz CT molecular complexity index is 1790. The van der Waals surface area contributed by atoms with Crippen LogP contribution in [0.1, 0.15) is 48.4 Å². The van der Waals surface area contributed by atoms with Gasteiger partial charge in [0.15, 0.2) is 5.82 Å². The van der Waals surface area contributed by atoms with Crippen molar-refractivity contribution in [2.24, 2.45) is 0 Å². The van der Waals surface area contributed by atoms with Crippen molar-refractivity contribution in [3.63, 3.8) is 0 Å². The molecule has 1 saturated heterocycles. The van der Waals surface area contributed by atoms with Crippen molar-refractivity contribution in [3.05, 3.63) is 120 Å². The first-order valence-corrected chi connectivity index (χ1v) is 16.8. The summed E-state index contributed by atoms with van der Waals surface area (Å²) in [6.45, 7) is 5.45. The number of unbranched alkanes of at least 4 members (excludes halogenated alkanes) is 2. The number of hydrogen-bond acceptors (Lipinski definition) is 8. The zero-order valence-corrected chi connectivity index (χ0v) is 27.1. The molecule has 5 aromatic rings. The molecule has 0 unspecified atom stereocenters. The van der Waals surface area contributed by atoms with Crippen molar-refractivity contribution in [3.8, 4) is 28.3 Å². The highest BCUT2D eigenvalue weighted by molar-refractivity contribution is 5.83. The van der Waals surface area contributed by atoms with Gasteiger partial charge in [0, 0.05) is 56.2 Å². The molecule has 3 aromatic carbocycles. The lowest BCUT2D eigenvalue weighted by Gasteiger charge is -2.36. The molecule has 9 heteroatoms. The van der Waals surface area contributed by atoms with Gasteiger partial charge in [0.05, 0.1) is 17.9 Å². The maximum Gasteiger partial charge on any atom is 0.258 e. The summed E-state index contributed by atoms with van der Waals surface area (Å²) in [5.74, 6) is 0.726. The number of ether oxygens (including phenoxy) is 1. The Labute approximate surface area is 281 Å². The molecule has 1 aliphatic heterocycles. The van der Waals surface area contributed by atoms with E-state index in [2.05, 4.69) is 103 Å². The van der Waals surface area contributed by atoms with Crippen molar-refractivity contribution in [1.29, 1.82) is 0 Å². The van der Waals surface area contributed by atoms with Crippen LogP contribution in [0.5, 0.6) is 5.88 Å². The Morgan fingerprint density at radius 2 is 1.52 bits per heavy atom. The number of nitrogens with one attached hydrogen (secondary N) is 1. The summed E-state index contributed by atoms with van der Waals surface area (Å²) < 4.78 is 5.85. The Morgan fingerprint density at radius 3 is 2.23 bits per heavy atom. The summed E-state index contributed by atoms with van der Waals surface area (Å²) in [6, 6.07) is 29.0. The quantitative estimate of drug-likeness (QED) is 0.154. The number of carbonyl (C=O) groups excluding carboxylic acids is 1. The highest BCUT2D eigenvalue weighted by Crippen LogP contribution is 2.43. The number of carbonyl (C=O) groups is 1. The first-order chi connectivity index (χ1) is 23.6. The molecule has 2 aromatic heterocycles. The SMILES string of the molecule is Nc1ncc(-c2ccc(N3CCN(CCCCCC(=O)NC4c5ccccc5-c5ccccc54)CC3)cc2)nc1OCc1ccncc1. The van der Waals surface area contributed by atoms with Gasteiger partial charge >= 0.3 is 0 Å². The Hall–Kier alpha value is -5.28. The van der Waals surface area contributed by atoms with E-state index in [-0.39, 0.29) is 17.8 Å². The van der Waals surface area contributed by atoms with Crippen molar-refractivity contribution in [1.82, 2.24) is 25.2 Å². The molecule has 0 atom stereocenters. The van der Waals surface area contributed by atoms with E-state index in [1.165, 1.54) is 27.9 Å². The minimum Gasteiger partial charge on any atom is -0.470 e. The summed E-state index contributed by atoms with van der Waals surface area (Å²) in [4.78, 5) is 30.9. The standard InChI is InChI=1S/C39H41N7O2/c40-38-39(48-27-28-17-19-41-20-18-28)43-35(26-42-38)29-13-15-30(16-14-29)46-24-22-45(23-25-46)21-7-1-2-12-36(47)44-37-33-10-5-3-8-31(33)32-9-4-6-11-34(32)37/h3-6,8-11,13-20,26,37H,1-2,7,12,21-25,27H2,(H2,40,42)(H,44,47). The molecule has 1 aliphatic carbocycles. The number of nitrogen functional groups attached to an aromatic ring is 1. The molecule has 0 bridgehead atoms. The monoisotopic (exact) mass is 639 g/mol.